The van der Waals surface area contributed by atoms with Crippen LogP contribution in [0.15, 0.2) is 146 Å². The van der Waals surface area contributed by atoms with Crippen LogP contribution in [-0.4, -0.2) is 135 Å². The fraction of sp³-hybridized carbons (Fsp3) is 0.356. The summed E-state index contributed by atoms with van der Waals surface area (Å²) in [5.41, 5.74) is 3.73. The number of methoxy groups -OCH3 is 1. The first kappa shape index (κ1) is 112. The van der Waals surface area contributed by atoms with Crippen molar-refractivity contribution in [3.63, 3.8) is 0 Å². The van der Waals surface area contributed by atoms with Crippen LogP contribution in [-0.2, 0) is 6.42 Å². The number of aromatic nitrogens is 12. The number of rotatable bonds is 29. The molecule has 0 unspecified atom stereocenters. The van der Waals surface area contributed by atoms with Gasteiger partial charge in [-0.1, -0.05) is 129 Å². The Balaban J connectivity index is 0.000000150. The number of carbonyl (C=O) groups is 11. The first-order valence-corrected chi connectivity index (χ1v) is 53.0. The Bertz CT molecular complexity index is 6740. The van der Waals surface area contributed by atoms with Crippen molar-refractivity contribution in [2.45, 2.75) is 182 Å². The van der Waals surface area contributed by atoms with Crippen LogP contribution in [0.1, 0.15) is 238 Å². The molecule has 37 nitrogen and oxygen atoms in total. The summed E-state index contributed by atoms with van der Waals surface area (Å²) in [4.78, 5) is 161. The maximum absolute atomic E-state index is 13.7. The van der Waals surface area contributed by atoms with Gasteiger partial charge in [-0.15, -0.1) is 4.37 Å². The maximum Gasteiger partial charge on any atom is 0.329 e. The van der Waals surface area contributed by atoms with E-state index in [1.807, 2.05) is 65.0 Å². The average Bonchev–Trinajstić information content (AvgIpc) is 1.43. The van der Waals surface area contributed by atoms with E-state index in [-0.39, 0.29) is 126 Å². The lowest BCUT2D eigenvalue weighted by Gasteiger charge is -2.14. The van der Waals surface area contributed by atoms with Crippen molar-refractivity contribution in [1.29, 1.82) is 0 Å². The molecular weight excluding hydrogens is 2060 g/mol. The van der Waals surface area contributed by atoms with Crippen molar-refractivity contribution in [3.8, 4) is 23.1 Å². The molecule has 0 bridgehead atoms. The second kappa shape index (κ2) is 55.4. The number of amides is 12. The zero-order valence-electron chi connectivity index (χ0n) is 82.3. The van der Waals surface area contributed by atoms with Gasteiger partial charge in [0.15, 0.2) is 34.7 Å². The number of ketones is 5. The van der Waals surface area contributed by atoms with E-state index in [1.54, 1.807) is 6.92 Å². The van der Waals surface area contributed by atoms with E-state index in [9.17, 15) is 79.1 Å². The van der Waals surface area contributed by atoms with Gasteiger partial charge in [0.1, 0.15) is 64.5 Å². The number of hydrogen-bond acceptors (Lipinski definition) is 31. The number of aryl methyl sites for hydroxylation is 2. The van der Waals surface area contributed by atoms with Crippen LogP contribution in [0, 0.1) is 77.3 Å². The Morgan fingerprint density at radius 3 is 0.993 bits per heavy atom. The lowest BCUT2D eigenvalue weighted by Crippen LogP contribution is -2.22. The third-order valence-electron chi connectivity index (χ3n) is 23.9. The molecule has 0 aliphatic heterocycles. The molecule has 7 aromatic carbocycles. The normalized spacial score (nSPS) is 13.8. The standard InChI is InChI=1S/C21H19FN4O2S.C18H21FN4O2S.C17H19FN4O2S.C16H17FN4O3S.C16H17FN4O2S.C13H15FN4O2S/c22-15-10-11-17(16(12-15)18(27)13-6-4-5-7-13)23-20(28)25-21-24-19(26-29-21)14-8-2-1-3-9-14;1-10(2)16-21-18(26-23-16)22-17(25)20-14-8-7-12(19)9-13(14)15(24)11-5-3-4-6-11;1-2-14-20-17(25-22-14)21-16(24)19-13-8-7-11(18)9-12(13)15(23)10-5-3-4-6-10;1-24-15-20-16(25-21-15)19-14(23)18-12-7-6-10(17)8-11(12)13(22)9-4-2-3-5-9;1-9-18-16(24-21-9)20-15(23)19-13-7-6-11(17)8-12(13)14(22)10-4-2-3-5-10;1-8(2)6-20-11-5-9(14)3-4-10(11)17-12(19)18-13-15-7-16-21-13/h1-3,8-13H,4-7H2,(H2,23,24,25,26,28);7-11H,3-6H2,1-2H3,(H2,20,21,22,23,25);7-10H,2-6H2,1H3,(H2,19,20,21,22,24);6-9H,2-5H2,1H3,(H2,18,19,20,21,23);6-8,10H,2-5H2,1H3,(H2,18,19,20,21,23);3-5,7-8H,6H2,1-2H3,(H2,15,16,17,18,19). The van der Waals surface area contributed by atoms with Crippen LogP contribution in [0.2, 0.25) is 0 Å². The minimum Gasteiger partial charge on any atom is -0.491 e. The Morgan fingerprint density at radius 1 is 0.347 bits per heavy atom. The van der Waals surface area contributed by atoms with E-state index in [0.717, 1.165) is 203 Å². The van der Waals surface area contributed by atoms with Crippen LogP contribution < -0.4 is 73.3 Å². The molecule has 12 N–H and O–H groups in total. The number of hydrogen-bond donors (Lipinski definition) is 12. The molecule has 5 aliphatic carbocycles. The Hall–Kier alpha value is -15.0. The molecule has 5 aliphatic rings. The second-order valence-corrected chi connectivity index (χ2v) is 40.3. The molecule has 5 saturated carbocycles. The molecule has 18 rings (SSSR count). The minimum absolute atomic E-state index is 0.0961. The number of ether oxygens (including phenoxy) is 2. The van der Waals surface area contributed by atoms with Gasteiger partial charge in [-0.3, -0.25) is 55.9 Å². The van der Waals surface area contributed by atoms with E-state index in [0.29, 0.717) is 84.7 Å². The summed E-state index contributed by atoms with van der Waals surface area (Å²) in [6.07, 6.45) is 20.1. The summed E-state index contributed by atoms with van der Waals surface area (Å²) < 4.78 is 116. The predicted molar refractivity (Wildman–Crippen MR) is 566 cm³/mol. The fourth-order valence-corrected chi connectivity index (χ4v) is 20.0. The van der Waals surface area contributed by atoms with Crippen molar-refractivity contribution in [2.24, 2.45) is 35.5 Å². The summed E-state index contributed by atoms with van der Waals surface area (Å²) in [7, 11) is 1.42. The highest BCUT2D eigenvalue weighted by Gasteiger charge is 2.34. The Morgan fingerprint density at radius 2 is 0.667 bits per heavy atom. The monoisotopic (exact) mass is 2170 g/mol. The molecule has 12 amide bonds. The third-order valence-corrected chi connectivity index (χ3v) is 27.7. The van der Waals surface area contributed by atoms with Gasteiger partial charge in [0.05, 0.1) is 47.8 Å². The fourth-order valence-electron chi connectivity index (χ4n) is 16.5. The van der Waals surface area contributed by atoms with Gasteiger partial charge in [-0.2, -0.15) is 31.8 Å². The van der Waals surface area contributed by atoms with Crippen molar-refractivity contribution in [2.75, 3.05) is 77.5 Å². The highest BCUT2D eigenvalue weighted by Crippen LogP contribution is 2.39. The smallest absolute Gasteiger partial charge is 0.329 e. The molecule has 6 aromatic heterocycles. The predicted octanol–water partition coefficient (Wildman–Crippen LogP) is 25.5. The maximum atomic E-state index is 13.7. The van der Waals surface area contributed by atoms with Crippen LogP contribution >= 0.6 is 69.2 Å². The van der Waals surface area contributed by atoms with Gasteiger partial charge in [0, 0.05) is 151 Å². The van der Waals surface area contributed by atoms with Gasteiger partial charge in [-0.25, -0.2) is 75.0 Å². The Labute approximate surface area is 882 Å². The number of nitrogens with one attached hydrogen (secondary N) is 12. The number of anilines is 12. The number of urea groups is 6. The Kier molecular flexibility index (Phi) is 41.4. The number of halogens is 6. The van der Waals surface area contributed by atoms with E-state index >= 15 is 0 Å². The van der Waals surface area contributed by atoms with Crippen LogP contribution in [0.25, 0.3) is 11.4 Å². The summed E-state index contributed by atoms with van der Waals surface area (Å²) in [6, 6.07) is 29.3. The van der Waals surface area contributed by atoms with E-state index in [2.05, 4.69) is 120 Å². The average molecular weight is 2170 g/mol. The van der Waals surface area contributed by atoms with Crippen LogP contribution in [0.3, 0.4) is 0 Å². The second-order valence-electron chi connectivity index (χ2n) is 35.7. The molecule has 13 aromatic rings. The lowest BCUT2D eigenvalue weighted by molar-refractivity contribution is 0.0916. The summed E-state index contributed by atoms with van der Waals surface area (Å²) in [5, 5.41) is 33.1. The van der Waals surface area contributed by atoms with Crippen molar-refractivity contribution in [1.82, 2.24) is 56.1 Å². The van der Waals surface area contributed by atoms with Crippen molar-refractivity contribution < 1.29 is 88.6 Å². The zero-order chi connectivity index (χ0) is 107. The molecule has 0 atom stereocenters. The van der Waals surface area contributed by atoms with E-state index < -0.39 is 71.1 Å². The molecule has 49 heteroatoms. The van der Waals surface area contributed by atoms with Gasteiger partial charge in [0.2, 0.25) is 30.8 Å². The molecule has 788 valence electrons. The number of Topliss-reactive ketones (excluding diaryl/α,β-unsaturated/α-hetero) is 5. The topological polar surface area (TPSA) is 505 Å². The molecule has 0 saturated heterocycles. The minimum atomic E-state index is -0.592. The molecule has 0 radical (unpaired) electrons. The van der Waals surface area contributed by atoms with Gasteiger partial charge in [-0.05, 0) is 180 Å². The largest absolute Gasteiger partial charge is 0.491 e. The van der Waals surface area contributed by atoms with E-state index in [1.165, 1.54) is 123 Å². The molecule has 6 heterocycles. The molecule has 5 fully saturated rings. The van der Waals surface area contributed by atoms with Gasteiger partial charge in [0.25, 0.3) is 0 Å². The lowest BCUT2D eigenvalue weighted by atomic mass is 9.95. The summed E-state index contributed by atoms with van der Waals surface area (Å²) >= 11 is 6.31. The molecular formula is C101H108F6N24O13S6. The van der Waals surface area contributed by atoms with E-state index in [4.69, 9.17) is 9.47 Å². The van der Waals surface area contributed by atoms with Crippen molar-refractivity contribution in [3.05, 3.63) is 226 Å². The third kappa shape index (κ3) is 33.5. The van der Waals surface area contributed by atoms with Crippen LogP contribution in [0.5, 0.6) is 11.8 Å². The van der Waals surface area contributed by atoms with Crippen LogP contribution in [0.4, 0.5) is 120 Å². The summed E-state index contributed by atoms with van der Waals surface area (Å²) in [6.45, 7) is 12.0. The van der Waals surface area contributed by atoms with Crippen molar-refractivity contribution >= 4 is 199 Å². The zero-order valence-corrected chi connectivity index (χ0v) is 87.2. The molecule has 150 heavy (non-hydrogen) atoms. The SMILES string of the molecule is CC(C)COc1cc(F)ccc1NC(=O)Nc1ncns1.CC(C)c1nsc(NC(=O)Nc2ccc(F)cc2C(=O)C2CCCC2)n1.CCc1nsc(NC(=O)Nc2ccc(F)cc2C(=O)C2CCCC2)n1.COc1nsc(NC(=O)Nc2ccc(F)cc2C(=O)C2CCCC2)n1.Cc1nsc(NC(=O)Nc2ccc(F)cc2C(=O)C2CCCC2)n1.O=C(Nc1nc(-c2ccccc2)ns1)Nc1ccc(F)cc1C(=O)C1CCCC1. The highest BCUT2D eigenvalue weighted by atomic mass is 32.1. The molecule has 0 spiro atoms. The summed E-state index contributed by atoms with van der Waals surface area (Å²) in [5.74, 6) is -0.931. The van der Waals surface area contributed by atoms with Gasteiger partial charge < -0.3 is 41.4 Å². The first-order chi connectivity index (χ1) is 72.2. The number of carbonyl (C=O) groups excluding carboxylic acids is 11. The number of nitrogens with zero attached hydrogens (tertiary/aromatic N) is 12. The van der Waals surface area contributed by atoms with Gasteiger partial charge >= 0.3 is 42.2 Å². The quantitative estimate of drug-likeness (QED) is 0.0153. The first-order valence-electron chi connectivity index (χ1n) is 48.3. The highest BCUT2D eigenvalue weighted by molar-refractivity contribution is 7.11. The number of benzene rings is 7.